The first-order valence-corrected chi connectivity index (χ1v) is 7.60. The number of aliphatic carboxylic acids is 1. The van der Waals surface area contributed by atoms with Crippen LogP contribution in [0.15, 0.2) is 24.3 Å². The van der Waals surface area contributed by atoms with Crippen molar-refractivity contribution in [3.63, 3.8) is 0 Å². The van der Waals surface area contributed by atoms with Gasteiger partial charge in [-0.1, -0.05) is 12.1 Å². The first kappa shape index (κ1) is 14.8. The molecule has 2 aliphatic heterocycles. The Kier molecular flexibility index (Phi) is 4.29. The lowest BCUT2D eigenvalue weighted by molar-refractivity contribution is -0.141. The smallest absolute Gasteiger partial charge is 0.308 e. The zero-order valence-corrected chi connectivity index (χ0v) is 12.4. The molecule has 0 saturated carbocycles. The lowest BCUT2D eigenvalue weighted by Gasteiger charge is -2.31. The summed E-state index contributed by atoms with van der Waals surface area (Å²) in [5, 5.41) is 9.08. The lowest BCUT2D eigenvalue weighted by Crippen LogP contribution is -2.38. The summed E-state index contributed by atoms with van der Waals surface area (Å²) >= 11 is 0. The maximum atomic E-state index is 12.8. The molecular weight excluding hydrogens is 284 g/mol. The number of carboxylic acids is 1. The highest BCUT2D eigenvalue weighted by molar-refractivity contribution is 6.00. The molecule has 6 nitrogen and oxygen atoms in total. The minimum absolute atomic E-state index is 0.0779. The van der Waals surface area contributed by atoms with Gasteiger partial charge in [0.15, 0.2) is 0 Å². The van der Waals surface area contributed by atoms with E-state index in [-0.39, 0.29) is 5.91 Å². The average molecular weight is 304 g/mol. The summed E-state index contributed by atoms with van der Waals surface area (Å²) in [4.78, 5) is 27.6. The van der Waals surface area contributed by atoms with Gasteiger partial charge in [0.25, 0.3) is 5.91 Å². The van der Waals surface area contributed by atoms with Crippen LogP contribution in [0.5, 0.6) is 0 Å². The normalized spacial score (nSPS) is 21.9. The number of anilines is 1. The molecule has 2 saturated heterocycles. The van der Waals surface area contributed by atoms with E-state index in [2.05, 4.69) is 4.90 Å². The molecule has 1 aromatic rings. The molecule has 0 bridgehead atoms. The van der Waals surface area contributed by atoms with Crippen LogP contribution >= 0.6 is 0 Å². The molecule has 0 radical (unpaired) electrons. The molecule has 1 aromatic carbocycles. The number of morpholine rings is 1. The first-order chi connectivity index (χ1) is 10.7. The SMILES string of the molecule is O=C(O)[C@@H]1CCN(C(=O)c2ccccc2N2CCOCC2)C1. The highest BCUT2D eigenvalue weighted by Crippen LogP contribution is 2.25. The Balaban J connectivity index is 1.79. The van der Waals surface area contributed by atoms with Crippen LogP contribution in [0.4, 0.5) is 5.69 Å². The Bertz CT molecular complexity index is 569. The number of rotatable bonds is 3. The maximum absolute atomic E-state index is 12.8. The average Bonchev–Trinajstić information content (AvgIpc) is 3.05. The zero-order valence-electron chi connectivity index (χ0n) is 12.4. The van der Waals surface area contributed by atoms with Gasteiger partial charge in [-0.05, 0) is 18.6 Å². The van der Waals surface area contributed by atoms with Gasteiger partial charge in [-0.15, -0.1) is 0 Å². The van der Waals surface area contributed by atoms with E-state index in [4.69, 9.17) is 9.84 Å². The Morgan fingerprint density at radius 1 is 1.14 bits per heavy atom. The number of ether oxygens (including phenoxy) is 1. The van der Waals surface area contributed by atoms with Gasteiger partial charge in [0, 0.05) is 31.9 Å². The van der Waals surface area contributed by atoms with Crippen LogP contribution in [-0.4, -0.2) is 61.3 Å². The van der Waals surface area contributed by atoms with E-state index >= 15 is 0 Å². The summed E-state index contributed by atoms with van der Waals surface area (Å²) in [5.41, 5.74) is 1.56. The number of para-hydroxylation sites is 1. The molecule has 0 spiro atoms. The van der Waals surface area contributed by atoms with Gasteiger partial charge < -0.3 is 19.6 Å². The van der Waals surface area contributed by atoms with Crippen molar-refractivity contribution in [3.05, 3.63) is 29.8 Å². The lowest BCUT2D eigenvalue weighted by atomic mass is 10.1. The molecule has 3 rings (SSSR count). The van der Waals surface area contributed by atoms with Gasteiger partial charge in [0.2, 0.25) is 0 Å². The standard InChI is InChI=1S/C16H20N2O4/c19-15(18-6-5-12(11-18)16(20)21)13-3-1-2-4-14(13)17-7-9-22-10-8-17/h1-4,12H,5-11H2,(H,20,21)/t12-/m1/s1. The minimum Gasteiger partial charge on any atom is -0.481 e. The van der Waals surface area contributed by atoms with Gasteiger partial charge >= 0.3 is 5.97 Å². The van der Waals surface area contributed by atoms with Crippen molar-refractivity contribution in [2.45, 2.75) is 6.42 Å². The summed E-state index contributed by atoms with van der Waals surface area (Å²) in [6.45, 7) is 3.66. The number of carboxylic acid groups (broad SMARTS) is 1. The van der Waals surface area contributed by atoms with Crippen molar-refractivity contribution in [2.24, 2.45) is 5.92 Å². The molecule has 118 valence electrons. The van der Waals surface area contributed by atoms with Crippen molar-refractivity contribution < 1.29 is 19.4 Å². The third-order valence-corrected chi connectivity index (χ3v) is 4.31. The highest BCUT2D eigenvalue weighted by Gasteiger charge is 2.32. The topological polar surface area (TPSA) is 70.1 Å². The molecule has 2 heterocycles. The van der Waals surface area contributed by atoms with E-state index in [0.717, 1.165) is 18.8 Å². The molecule has 0 unspecified atom stereocenters. The van der Waals surface area contributed by atoms with Crippen LogP contribution in [0.25, 0.3) is 0 Å². The summed E-state index contributed by atoms with van der Waals surface area (Å²) in [7, 11) is 0. The molecule has 1 N–H and O–H groups in total. The van der Waals surface area contributed by atoms with Crippen LogP contribution in [0.3, 0.4) is 0 Å². The number of hydrogen-bond donors (Lipinski definition) is 1. The highest BCUT2D eigenvalue weighted by atomic mass is 16.5. The van der Waals surface area contributed by atoms with Crippen molar-refractivity contribution in [1.29, 1.82) is 0 Å². The quantitative estimate of drug-likeness (QED) is 0.904. The fraction of sp³-hybridized carbons (Fsp3) is 0.500. The first-order valence-electron chi connectivity index (χ1n) is 7.60. The van der Waals surface area contributed by atoms with Gasteiger partial charge in [-0.3, -0.25) is 9.59 Å². The Morgan fingerprint density at radius 2 is 1.86 bits per heavy atom. The van der Waals surface area contributed by atoms with Crippen LogP contribution in [0.1, 0.15) is 16.8 Å². The third kappa shape index (κ3) is 2.92. The second kappa shape index (κ2) is 6.36. The number of amides is 1. The van der Waals surface area contributed by atoms with E-state index in [9.17, 15) is 9.59 Å². The summed E-state index contributed by atoms with van der Waals surface area (Å²) in [6, 6.07) is 7.54. The molecule has 2 aliphatic rings. The Morgan fingerprint density at radius 3 is 2.55 bits per heavy atom. The van der Waals surface area contributed by atoms with E-state index < -0.39 is 11.9 Å². The number of benzene rings is 1. The van der Waals surface area contributed by atoms with Crippen molar-refractivity contribution in [3.8, 4) is 0 Å². The maximum Gasteiger partial charge on any atom is 0.308 e. The van der Waals surface area contributed by atoms with Gasteiger partial charge in [-0.25, -0.2) is 0 Å². The summed E-state index contributed by atoms with van der Waals surface area (Å²) in [6.07, 6.45) is 0.529. The number of nitrogens with zero attached hydrogens (tertiary/aromatic N) is 2. The zero-order chi connectivity index (χ0) is 15.5. The third-order valence-electron chi connectivity index (χ3n) is 4.31. The minimum atomic E-state index is -0.822. The second-order valence-electron chi connectivity index (χ2n) is 5.69. The van der Waals surface area contributed by atoms with Crippen molar-refractivity contribution in [1.82, 2.24) is 4.90 Å². The van der Waals surface area contributed by atoms with E-state index in [1.807, 2.05) is 24.3 Å². The van der Waals surface area contributed by atoms with E-state index in [1.54, 1.807) is 4.90 Å². The largest absolute Gasteiger partial charge is 0.481 e. The van der Waals surface area contributed by atoms with Crippen LogP contribution in [0.2, 0.25) is 0 Å². The molecule has 0 aliphatic carbocycles. The molecule has 6 heteroatoms. The molecule has 1 atom stereocenters. The number of carbonyl (C=O) groups excluding carboxylic acids is 1. The van der Waals surface area contributed by atoms with Gasteiger partial charge in [0.05, 0.1) is 24.7 Å². The molecule has 0 aromatic heterocycles. The molecule has 1 amide bonds. The fourth-order valence-electron chi connectivity index (χ4n) is 3.05. The van der Waals surface area contributed by atoms with Crippen LogP contribution in [0, 0.1) is 5.92 Å². The Hall–Kier alpha value is -2.08. The van der Waals surface area contributed by atoms with Gasteiger partial charge in [0.1, 0.15) is 0 Å². The van der Waals surface area contributed by atoms with E-state index in [0.29, 0.717) is 38.3 Å². The summed E-state index contributed by atoms with van der Waals surface area (Å²) < 4.78 is 5.36. The summed E-state index contributed by atoms with van der Waals surface area (Å²) in [5.74, 6) is -1.35. The number of hydrogen-bond acceptors (Lipinski definition) is 4. The number of likely N-dealkylation sites (tertiary alicyclic amines) is 1. The van der Waals surface area contributed by atoms with Crippen molar-refractivity contribution >= 4 is 17.6 Å². The molecule has 2 fully saturated rings. The fourth-order valence-corrected chi connectivity index (χ4v) is 3.05. The molecular formula is C16H20N2O4. The predicted octanol–water partition coefficient (Wildman–Crippen LogP) is 1.07. The Labute approximate surface area is 129 Å². The van der Waals surface area contributed by atoms with Crippen LogP contribution in [-0.2, 0) is 9.53 Å². The van der Waals surface area contributed by atoms with E-state index in [1.165, 1.54) is 0 Å². The number of carbonyl (C=O) groups is 2. The predicted molar refractivity (Wildman–Crippen MR) is 81.1 cm³/mol. The van der Waals surface area contributed by atoms with Gasteiger partial charge in [-0.2, -0.15) is 0 Å². The second-order valence-corrected chi connectivity index (χ2v) is 5.69. The monoisotopic (exact) mass is 304 g/mol. The molecule has 22 heavy (non-hydrogen) atoms. The van der Waals surface area contributed by atoms with Crippen LogP contribution < -0.4 is 4.90 Å². The van der Waals surface area contributed by atoms with Crippen molar-refractivity contribution in [2.75, 3.05) is 44.3 Å².